The van der Waals surface area contributed by atoms with Crippen LogP contribution in [-0.4, -0.2) is 18.4 Å². The normalized spacial score (nSPS) is 31.5. The van der Waals surface area contributed by atoms with Crippen LogP contribution in [0.3, 0.4) is 0 Å². The van der Waals surface area contributed by atoms with Gasteiger partial charge in [0.05, 0.1) is 12.5 Å². The van der Waals surface area contributed by atoms with Crippen LogP contribution >= 0.6 is 0 Å². The summed E-state index contributed by atoms with van der Waals surface area (Å²) in [5.41, 5.74) is -0.135. The summed E-state index contributed by atoms with van der Waals surface area (Å²) in [4.78, 5) is 11.0. The van der Waals surface area contributed by atoms with Crippen LogP contribution in [0, 0.1) is 5.41 Å². The molecular weight excluding hydrogens is 156 g/mol. The fourth-order valence-corrected chi connectivity index (χ4v) is 1.07. The van der Waals surface area contributed by atoms with Gasteiger partial charge in [-0.05, 0) is 6.92 Å². The SMILES string of the molecule is C[C@H]1CC(=O)O[C@@H](C(C)(C)C)O1. The van der Waals surface area contributed by atoms with E-state index in [0.29, 0.717) is 6.42 Å². The Morgan fingerprint density at radius 1 is 1.42 bits per heavy atom. The minimum absolute atomic E-state index is 0.0181. The maximum Gasteiger partial charge on any atom is 0.310 e. The van der Waals surface area contributed by atoms with E-state index >= 15 is 0 Å². The summed E-state index contributed by atoms with van der Waals surface area (Å²) in [6, 6.07) is 0. The van der Waals surface area contributed by atoms with E-state index in [4.69, 9.17) is 9.47 Å². The largest absolute Gasteiger partial charge is 0.435 e. The quantitative estimate of drug-likeness (QED) is 0.522. The Morgan fingerprint density at radius 3 is 2.42 bits per heavy atom. The topological polar surface area (TPSA) is 35.5 Å². The van der Waals surface area contributed by atoms with Crippen LogP contribution in [-0.2, 0) is 14.3 Å². The molecule has 0 aromatic rings. The molecule has 1 saturated heterocycles. The molecule has 0 saturated carbocycles. The summed E-state index contributed by atoms with van der Waals surface area (Å²) in [5.74, 6) is -0.159. The highest BCUT2D eigenvalue weighted by atomic mass is 16.7. The third-order valence-electron chi connectivity index (χ3n) is 1.76. The molecule has 0 aromatic heterocycles. The Bertz CT molecular complexity index is 181. The fourth-order valence-electron chi connectivity index (χ4n) is 1.07. The third-order valence-corrected chi connectivity index (χ3v) is 1.76. The lowest BCUT2D eigenvalue weighted by atomic mass is 9.95. The molecule has 0 radical (unpaired) electrons. The third kappa shape index (κ3) is 2.21. The average molecular weight is 172 g/mol. The lowest BCUT2D eigenvalue weighted by Crippen LogP contribution is -2.41. The van der Waals surface area contributed by atoms with Crippen molar-refractivity contribution in [3.63, 3.8) is 0 Å². The minimum Gasteiger partial charge on any atom is -0.435 e. The predicted molar refractivity (Wildman–Crippen MR) is 44.5 cm³/mol. The lowest BCUT2D eigenvalue weighted by molar-refractivity contribution is -0.240. The van der Waals surface area contributed by atoms with Crippen molar-refractivity contribution in [3.05, 3.63) is 0 Å². The molecule has 0 aromatic carbocycles. The van der Waals surface area contributed by atoms with Crippen molar-refractivity contribution in [2.24, 2.45) is 5.41 Å². The van der Waals surface area contributed by atoms with E-state index in [1.54, 1.807) is 0 Å². The molecule has 0 amide bonds. The number of ether oxygens (including phenoxy) is 2. The van der Waals surface area contributed by atoms with Crippen LogP contribution in [0.1, 0.15) is 34.1 Å². The van der Waals surface area contributed by atoms with Crippen LogP contribution in [0.15, 0.2) is 0 Å². The smallest absolute Gasteiger partial charge is 0.310 e. The Balaban J connectivity index is 2.62. The number of carbonyl (C=O) groups is 1. The van der Waals surface area contributed by atoms with Crippen LogP contribution in [0.5, 0.6) is 0 Å². The maximum absolute atomic E-state index is 11.0. The van der Waals surface area contributed by atoms with E-state index in [1.165, 1.54) is 0 Å². The van der Waals surface area contributed by atoms with Gasteiger partial charge in [-0.1, -0.05) is 20.8 Å². The van der Waals surface area contributed by atoms with Gasteiger partial charge in [0.1, 0.15) is 0 Å². The summed E-state index contributed by atoms with van der Waals surface area (Å²) < 4.78 is 10.5. The zero-order chi connectivity index (χ0) is 9.35. The first-order valence-electron chi connectivity index (χ1n) is 4.24. The van der Waals surface area contributed by atoms with E-state index < -0.39 is 6.29 Å². The molecular formula is C9H16O3. The molecule has 1 aliphatic rings. The van der Waals surface area contributed by atoms with Gasteiger partial charge in [0, 0.05) is 5.41 Å². The minimum atomic E-state index is -0.395. The van der Waals surface area contributed by atoms with Gasteiger partial charge in [0.2, 0.25) is 6.29 Å². The summed E-state index contributed by atoms with van der Waals surface area (Å²) in [7, 11) is 0. The summed E-state index contributed by atoms with van der Waals surface area (Å²) in [6.07, 6.45) is -0.0451. The zero-order valence-electron chi connectivity index (χ0n) is 8.09. The van der Waals surface area contributed by atoms with E-state index in [0.717, 1.165) is 0 Å². The molecule has 1 heterocycles. The highest BCUT2D eigenvalue weighted by molar-refractivity contribution is 5.70. The summed E-state index contributed by atoms with van der Waals surface area (Å²) >= 11 is 0. The highest BCUT2D eigenvalue weighted by Gasteiger charge is 2.35. The number of rotatable bonds is 0. The molecule has 0 N–H and O–H groups in total. The number of esters is 1. The van der Waals surface area contributed by atoms with Crippen molar-refractivity contribution in [3.8, 4) is 0 Å². The zero-order valence-corrected chi connectivity index (χ0v) is 8.09. The maximum atomic E-state index is 11.0. The molecule has 0 bridgehead atoms. The molecule has 0 spiro atoms. The van der Waals surface area contributed by atoms with Crippen LogP contribution in [0.25, 0.3) is 0 Å². The summed E-state index contributed by atoms with van der Waals surface area (Å²) in [6.45, 7) is 7.86. The Labute approximate surface area is 73.0 Å². The highest BCUT2D eigenvalue weighted by Crippen LogP contribution is 2.28. The Morgan fingerprint density at radius 2 is 2.00 bits per heavy atom. The van der Waals surface area contributed by atoms with Crippen molar-refractivity contribution in [2.45, 2.75) is 46.5 Å². The molecule has 2 atom stereocenters. The van der Waals surface area contributed by atoms with Gasteiger partial charge >= 0.3 is 5.97 Å². The van der Waals surface area contributed by atoms with Gasteiger partial charge in [0.25, 0.3) is 0 Å². The van der Waals surface area contributed by atoms with E-state index in [9.17, 15) is 4.79 Å². The van der Waals surface area contributed by atoms with Gasteiger partial charge < -0.3 is 9.47 Å². The Hall–Kier alpha value is -0.570. The first-order valence-corrected chi connectivity index (χ1v) is 4.24. The fraction of sp³-hybridized carbons (Fsp3) is 0.889. The number of hydrogen-bond donors (Lipinski definition) is 0. The second kappa shape index (κ2) is 3.05. The van der Waals surface area contributed by atoms with Crippen molar-refractivity contribution in [2.75, 3.05) is 0 Å². The molecule has 0 aliphatic carbocycles. The lowest BCUT2D eigenvalue weighted by Gasteiger charge is -2.35. The predicted octanol–water partition coefficient (Wildman–Crippen LogP) is 1.71. The van der Waals surface area contributed by atoms with Crippen molar-refractivity contribution >= 4 is 5.97 Å². The molecule has 1 fully saturated rings. The first-order chi connectivity index (χ1) is 5.39. The molecule has 12 heavy (non-hydrogen) atoms. The van der Waals surface area contributed by atoms with Crippen molar-refractivity contribution < 1.29 is 14.3 Å². The van der Waals surface area contributed by atoms with E-state index in [-0.39, 0.29) is 17.5 Å². The average Bonchev–Trinajstić information content (AvgIpc) is 1.82. The number of cyclic esters (lactones) is 1. The monoisotopic (exact) mass is 172 g/mol. The molecule has 3 nitrogen and oxygen atoms in total. The van der Waals surface area contributed by atoms with Crippen LogP contribution < -0.4 is 0 Å². The van der Waals surface area contributed by atoms with Crippen LogP contribution in [0.4, 0.5) is 0 Å². The molecule has 1 aliphatic heterocycles. The van der Waals surface area contributed by atoms with Gasteiger partial charge in [-0.3, -0.25) is 4.79 Å². The van der Waals surface area contributed by atoms with E-state index in [1.807, 2.05) is 27.7 Å². The standard InChI is InChI=1S/C9H16O3/c1-6-5-7(10)12-8(11-6)9(2,3)4/h6,8H,5H2,1-4H3/t6-,8-/m0/s1. The van der Waals surface area contributed by atoms with Gasteiger partial charge in [0.15, 0.2) is 0 Å². The molecule has 0 unspecified atom stereocenters. The van der Waals surface area contributed by atoms with Crippen molar-refractivity contribution in [1.29, 1.82) is 0 Å². The summed E-state index contributed by atoms with van der Waals surface area (Å²) in [5, 5.41) is 0. The van der Waals surface area contributed by atoms with Gasteiger partial charge in [-0.2, -0.15) is 0 Å². The number of carbonyl (C=O) groups excluding carboxylic acids is 1. The molecule has 70 valence electrons. The molecule has 3 heteroatoms. The van der Waals surface area contributed by atoms with Crippen LogP contribution in [0.2, 0.25) is 0 Å². The second-order valence-electron chi connectivity index (χ2n) is 4.34. The Kier molecular flexibility index (Phi) is 2.42. The van der Waals surface area contributed by atoms with Crippen molar-refractivity contribution in [1.82, 2.24) is 0 Å². The molecule has 1 rings (SSSR count). The van der Waals surface area contributed by atoms with E-state index in [2.05, 4.69) is 0 Å². The van der Waals surface area contributed by atoms with Gasteiger partial charge in [-0.25, -0.2) is 0 Å². The van der Waals surface area contributed by atoms with Gasteiger partial charge in [-0.15, -0.1) is 0 Å². The second-order valence-corrected chi connectivity index (χ2v) is 4.34. The number of hydrogen-bond acceptors (Lipinski definition) is 3. The first kappa shape index (κ1) is 9.52.